The van der Waals surface area contributed by atoms with Crippen molar-refractivity contribution in [3.05, 3.63) is 65.7 Å². The minimum atomic E-state index is -0.158. The summed E-state index contributed by atoms with van der Waals surface area (Å²) in [5, 5.41) is 0. The van der Waals surface area contributed by atoms with Gasteiger partial charge in [0.05, 0.1) is 5.69 Å². The smallest absolute Gasteiger partial charge is 0.236 e. The van der Waals surface area contributed by atoms with Gasteiger partial charge in [0.25, 0.3) is 0 Å². The van der Waals surface area contributed by atoms with Gasteiger partial charge in [-0.3, -0.25) is 4.79 Å². The van der Waals surface area contributed by atoms with Crippen LogP contribution in [0.1, 0.15) is 15.9 Å². The lowest BCUT2D eigenvalue weighted by Gasteiger charge is -2.13. The van der Waals surface area contributed by atoms with Gasteiger partial charge in [0.1, 0.15) is 0 Å². The minimum absolute atomic E-state index is 0.158. The molecule has 2 nitrogen and oxygen atoms in total. The molecule has 2 aromatic rings. The first kappa shape index (κ1) is 12.9. The number of hydrogen-bond acceptors (Lipinski definition) is 2. The summed E-state index contributed by atoms with van der Waals surface area (Å²) in [6, 6.07) is 16.9. The average molecular weight is 249 g/mol. The van der Waals surface area contributed by atoms with Crippen LogP contribution in [0.3, 0.4) is 0 Å². The normalized spacial score (nSPS) is 9.37. The van der Waals surface area contributed by atoms with E-state index in [0.717, 1.165) is 11.3 Å². The van der Waals surface area contributed by atoms with E-state index in [1.54, 1.807) is 12.1 Å². The quantitative estimate of drug-likeness (QED) is 0.602. The molecule has 0 aliphatic carbocycles. The molecule has 0 atom stereocenters. The Morgan fingerprint density at radius 3 is 2.26 bits per heavy atom. The Balaban J connectivity index is 2.28. The summed E-state index contributed by atoms with van der Waals surface area (Å²) < 4.78 is 0. The van der Waals surface area contributed by atoms with Gasteiger partial charge in [-0.05, 0) is 18.1 Å². The van der Waals surface area contributed by atoms with Crippen LogP contribution in [0.5, 0.6) is 0 Å². The zero-order valence-corrected chi connectivity index (χ0v) is 11.1. The van der Waals surface area contributed by atoms with E-state index in [4.69, 9.17) is 0 Å². The van der Waals surface area contributed by atoms with Crippen molar-refractivity contribution in [2.75, 3.05) is 19.0 Å². The van der Waals surface area contributed by atoms with E-state index in [-0.39, 0.29) is 5.78 Å². The standard InChI is InChI=1S/C17H15NO/c1-18(2)16-11-7-6-8-14(16)12-13-17(19)15-9-4-3-5-10-15/h3-11H,1-2H3. The molecule has 0 aliphatic heterocycles. The lowest BCUT2D eigenvalue weighted by Crippen LogP contribution is -2.10. The third-order valence-electron chi connectivity index (χ3n) is 2.73. The molecule has 0 aliphatic rings. The van der Waals surface area contributed by atoms with Gasteiger partial charge in [-0.2, -0.15) is 0 Å². The van der Waals surface area contributed by atoms with Gasteiger partial charge in [0.2, 0.25) is 5.78 Å². The lowest BCUT2D eigenvalue weighted by molar-refractivity contribution is 0.105. The van der Waals surface area contributed by atoms with Crippen LogP contribution in [0.4, 0.5) is 5.69 Å². The van der Waals surface area contributed by atoms with Crippen LogP contribution in [0.2, 0.25) is 0 Å². The zero-order valence-electron chi connectivity index (χ0n) is 11.1. The fourth-order valence-electron chi connectivity index (χ4n) is 1.76. The molecule has 0 saturated carbocycles. The Hall–Kier alpha value is -2.53. The SMILES string of the molecule is CN(C)c1ccccc1C#CC(=O)c1ccccc1. The molecule has 0 heterocycles. The van der Waals surface area contributed by atoms with Crippen molar-refractivity contribution in [3.63, 3.8) is 0 Å². The van der Waals surface area contributed by atoms with Crippen molar-refractivity contribution in [2.24, 2.45) is 0 Å². The molecule has 0 radical (unpaired) electrons. The second kappa shape index (κ2) is 5.88. The summed E-state index contributed by atoms with van der Waals surface area (Å²) in [6.45, 7) is 0. The molecule has 94 valence electrons. The molecule has 2 rings (SSSR count). The lowest BCUT2D eigenvalue weighted by atomic mass is 10.1. The number of para-hydroxylation sites is 1. The van der Waals surface area contributed by atoms with E-state index < -0.39 is 0 Å². The maximum Gasteiger partial charge on any atom is 0.236 e. The second-order valence-electron chi connectivity index (χ2n) is 4.36. The van der Waals surface area contributed by atoms with Crippen LogP contribution >= 0.6 is 0 Å². The van der Waals surface area contributed by atoms with Crippen LogP contribution in [0.15, 0.2) is 54.6 Å². The summed E-state index contributed by atoms with van der Waals surface area (Å²) in [6.07, 6.45) is 0. The highest BCUT2D eigenvalue weighted by Gasteiger charge is 2.02. The van der Waals surface area contributed by atoms with E-state index in [9.17, 15) is 4.79 Å². The molecule has 0 amide bonds. The molecule has 0 fully saturated rings. The van der Waals surface area contributed by atoms with E-state index in [0.29, 0.717) is 5.56 Å². The van der Waals surface area contributed by atoms with E-state index in [1.807, 2.05) is 61.5 Å². The Morgan fingerprint density at radius 2 is 1.58 bits per heavy atom. The summed E-state index contributed by atoms with van der Waals surface area (Å²) in [4.78, 5) is 13.9. The molecular weight excluding hydrogens is 234 g/mol. The Morgan fingerprint density at radius 1 is 0.947 bits per heavy atom. The monoisotopic (exact) mass is 249 g/mol. The number of rotatable bonds is 2. The fourth-order valence-corrected chi connectivity index (χ4v) is 1.76. The molecule has 0 unspecified atom stereocenters. The summed E-state index contributed by atoms with van der Waals surface area (Å²) in [5.41, 5.74) is 2.49. The van der Waals surface area contributed by atoms with Crippen LogP contribution < -0.4 is 4.90 Å². The highest BCUT2D eigenvalue weighted by Crippen LogP contribution is 2.16. The average Bonchev–Trinajstić information content (AvgIpc) is 2.46. The number of anilines is 1. The van der Waals surface area contributed by atoms with Crippen LogP contribution in [0, 0.1) is 11.8 Å². The number of carbonyl (C=O) groups is 1. The molecule has 0 saturated heterocycles. The number of carbonyl (C=O) groups excluding carboxylic acids is 1. The van der Waals surface area contributed by atoms with E-state index in [1.165, 1.54) is 0 Å². The first-order valence-electron chi connectivity index (χ1n) is 6.06. The Labute approximate surface area is 113 Å². The molecule has 0 bridgehead atoms. The van der Waals surface area contributed by atoms with Crippen LogP contribution in [-0.2, 0) is 0 Å². The predicted octanol–water partition coefficient (Wildman–Crippen LogP) is 2.99. The van der Waals surface area contributed by atoms with Gasteiger partial charge >= 0.3 is 0 Å². The summed E-state index contributed by atoms with van der Waals surface area (Å²) >= 11 is 0. The van der Waals surface area contributed by atoms with Crippen molar-refractivity contribution >= 4 is 11.5 Å². The van der Waals surface area contributed by atoms with Crippen LogP contribution in [-0.4, -0.2) is 19.9 Å². The summed E-state index contributed by atoms with van der Waals surface area (Å²) in [7, 11) is 3.92. The summed E-state index contributed by atoms with van der Waals surface area (Å²) in [5.74, 6) is 5.49. The highest BCUT2D eigenvalue weighted by atomic mass is 16.1. The minimum Gasteiger partial charge on any atom is -0.377 e. The number of hydrogen-bond donors (Lipinski definition) is 0. The maximum absolute atomic E-state index is 11.9. The van der Waals surface area contributed by atoms with Crippen molar-refractivity contribution in [1.82, 2.24) is 0 Å². The molecule has 0 N–H and O–H groups in total. The number of benzene rings is 2. The van der Waals surface area contributed by atoms with Crippen molar-refractivity contribution in [2.45, 2.75) is 0 Å². The van der Waals surface area contributed by atoms with Crippen LogP contribution in [0.25, 0.3) is 0 Å². The number of nitrogens with zero attached hydrogens (tertiary/aromatic N) is 1. The highest BCUT2D eigenvalue weighted by molar-refractivity contribution is 6.09. The van der Waals surface area contributed by atoms with Crippen molar-refractivity contribution in [3.8, 4) is 11.8 Å². The molecule has 19 heavy (non-hydrogen) atoms. The van der Waals surface area contributed by atoms with Gasteiger partial charge in [0.15, 0.2) is 0 Å². The second-order valence-corrected chi connectivity index (χ2v) is 4.36. The predicted molar refractivity (Wildman–Crippen MR) is 78.4 cm³/mol. The van der Waals surface area contributed by atoms with E-state index in [2.05, 4.69) is 11.8 Å². The van der Waals surface area contributed by atoms with Gasteiger partial charge in [-0.25, -0.2) is 0 Å². The van der Waals surface area contributed by atoms with Gasteiger partial charge in [-0.15, -0.1) is 0 Å². The van der Waals surface area contributed by atoms with E-state index >= 15 is 0 Å². The van der Waals surface area contributed by atoms with Crippen molar-refractivity contribution < 1.29 is 4.79 Å². The molecule has 0 spiro atoms. The Kier molecular flexibility index (Phi) is 4.00. The third kappa shape index (κ3) is 3.23. The van der Waals surface area contributed by atoms with Gasteiger partial charge in [-0.1, -0.05) is 48.4 Å². The zero-order chi connectivity index (χ0) is 13.7. The Bertz CT molecular complexity index is 633. The number of ketones is 1. The first-order valence-corrected chi connectivity index (χ1v) is 6.06. The molecule has 2 aromatic carbocycles. The molecular formula is C17H15NO. The fraction of sp³-hybridized carbons (Fsp3) is 0.118. The van der Waals surface area contributed by atoms with Gasteiger partial charge in [0, 0.05) is 25.2 Å². The largest absolute Gasteiger partial charge is 0.377 e. The molecule has 2 heteroatoms. The van der Waals surface area contributed by atoms with Gasteiger partial charge < -0.3 is 4.90 Å². The topological polar surface area (TPSA) is 20.3 Å². The molecule has 0 aromatic heterocycles. The first-order chi connectivity index (χ1) is 9.18. The maximum atomic E-state index is 11.9. The third-order valence-corrected chi connectivity index (χ3v) is 2.73. The van der Waals surface area contributed by atoms with Crippen molar-refractivity contribution in [1.29, 1.82) is 0 Å². The number of Topliss-reactive ketones (excluding diaryl/α,β-unsaturated/α-hetero) is 1.